The van der Waals surface area contributed by atoms with Crippen LogP contribution in [0.15, 0.2) is 34.2 Å². The lowest BCUT2D eigenvalue weighted by Crippen LogP contribution is -2.28. The van der Waals surface area contributed by atoms with Crippen LogP contribution < -0.4 is 21.7 Å². The van der Waals surface area contributed by atoms with E-state index >= 15 is 0 Å². The molecule has 2 fully saturated rings. The maximum absolute atomic E-state index is 12.7. The minimum absolute atomic E-state index is 0.0769. The van der Waals surface area contributed by atoms with Gasteiger partial charge in [0.15, 0.2) is 11.1 Å². The zero-order valence-corrected chi connectivity index (χ0v) is 21.1. The van der Waals surface area contributed by atoms with E-state index in [0.717, 1.165) is 43.8 Å². The van der Waals surface area contributed by atoms with Gasteiger partial charge in [-0.25, -0.2) is 9.78 Å². The highest BCUT2D eigenvalue weighted by Crippen LogP contribution is 2.27. The van der Waals surface area contributed by atoms with Gasteiger partial charge < -0.3 is 20.3 Å². The molecule has 0 atom stereocenters. The first-order chi connectivity index (χ1) is 18.0. The van der Waals surface area contributed by atoms with E-state index in [4.69, 9.17) is 9.98 Å². The van der Waals surface area contributed by atoms with E-state index in [1.165, 1.54) is 24.2 Å². The summed E-state index contributed by atoms with van der Waals surface area (Å²) in [4.78, 5) is 42.7. The molecule has 2 aliphatic rings. The van der Waals surface area contributed by atoms with Gasteiger partial charge in [-0.3, -0.25) is 14.8 Å². The van der Waals surface area contributed by atoms with Crippen LogP contribution in [0.1, 0.15) is 47.5 Å². The van der Waals surface area contributed by atoms with Crippen LogP contribution in [0, 0.1) is 0 Å². The Hall–Kier alpha value is -3.77. The Kier molecular flexibility index (Phi) is 6.35. The molecular weight excluding hydrogens is 492 g/mol. The van der Waals surface area contributed by atoms with Gasteiger partial charge in [-0.15, -0.1) is 11.3 Å². The summed E-state index contributed by atoms with van der Waals surface area (Å²) in [6, 6.07) is 5.89. The van der Waals surface area contributed by atoms with Crippen LogP contribution in [0.4, 0.5) is 0 Å². The number of fused-ring (bicyclic) bond motifs is 1. The first kappa shape index (κ1) is 23.6. The van der Waals surface area contributed by atoms with Crippen molar-refractivity contribution in [2.24, 2.45) is 4.99 Å². The van der Waals surface area contributed by atoms with Crippen molar-refractivity contribution in [3.05, 3.63) is 56.2 Å². The maximum atomic E-state index is 12.7. The van der Waals surface area contributed by atoms with Crippen molar-refractivity contribution in [2.45, 2.75) is 38.1 Å². The largest absolute Gasteiger partial charge is 0.493 e. The van der Waals surface area contributed by atoms with Gasteiger partial charge in [-0.1, -0.05) is 0 Å². The number of nitrogens with one attached hydrogen (secondary N) is 3. The van der Waals surface area contributed by atoms with E-state index < -0.39 is 5.69 Å². The van der Waals surface area contributed by atoms with Crippen LogP contribution in [0.3, 0.4) is 0 Å². The number of carbonyl (C=O) groups excluding carboxylic acids is 1. The number of imidazole rings is 1. The van der Waals surface area contributed by atoms with Gasteiger partial charge in [0.2, 0.25) is 5.88 Å². The summed E-state index contributed by atoms with van der Waals surface area (Å²) in [5.74, 6) is -0.329. The topological polar surface area (TPSA) is 144 Å². The molecule has 37 heavy (non-hydrogen) atoms. The molecule has 4 aromatic heterocycles. The van der Waals surface area contributed by atoms with Crippen LogP contribution in [0.2, 0.25) is 0 Å². The fourth-order valence-electron chi connectivity index (χ4n) is 4.52. The second-order valence-corrected chi connectivity index (χ2v) is 10.6. The summed E-state index contributed by atoms with van der Waals surface area (Å²) in [5, 5.41) is 18.1. The average Bonchev–Trinajstić information content (AvgIpc) is 3.30. The number of aromatic nitrogens is 5. The van der Waals surface area contributed by atoms with Crippen LogP contribution in [0.25, 0.3) is 22.3 Å². The third-order valence-electron chi connectivity index (χ3n) is 6.59. The summed E-state index contributed by atoms with van der Waals surface area (Å²) in [6.07, 6.45) is 8.80. The van der Waals surface area contributed by atoms with Crippen molar-refractivity contribution in [1.29, 1.82) is 0 Å². The normalized spacial score (nSPS) is 17.3. The van der Waals surface area contributed by atoms with Crippen LogP contribution in [0.5, 0.6) is 5.88 Å². The van der Waals surface area contributed by atoms with Crippen molar-refractivity contribution in [3.63, 3.8) is 0 Å². The van der Waals surface area contributed by atoms with Crippen molar-refractivity contribution in [3.8, 4) is 16.5 Å². The number of rotatable bonds is 8. The highest BCUT2D eigenvalue weighted by Gasteiger charge is 2.21. The summed E-state index contributed by atoms with van der Waals surface area (Å²) in [6.45, 7) is 4.00. The third-order valence-corrected chi connectivity index (χ3v) is 7.70. The molecule has 4 aromatic rings. The molecule has 192 valence electrons. The summed E-state index contributed by atoms with van der Waals surface area (Å²) in [7, 11) is 0. The molecule has 11 nitrogen and oxygen atoms in total. The lowest BCUT2D eigenvalue weighted by molar-refractivity contribution is 0.0956. The lowest BCUT2D eigenvalue weighted by Gasteiger charge is -2.14. The molecule has 1 amide bonds. The standard InChI is InChI=1S/C25H28N8O3S/c34-23-18(30-25(36)31-23)12-15-14-27-33-21(28-16-4-5-16)13-17(29-22(15)33)19-6-7-20(37-19)24(35)26-8-3-11-32-9-1-2-10-32/h6-7,12-14,16,34H,1-5,8-11H2,(H,26,35)(H2,30,31,36). The predicted octanol–water partition coefficient (Wildman–Crippen LogP) is 1.01. The Morgan fingerprint density at radius 3 is 2.86 bits per heavy atom. The summed E-state index contributed by atoms with van der Waals surface area (Å²) < 4.78 is 1.66. The third kappa shape index (κ3) is 5.20. The average molecular weight is 521 g/mol. The smallest absolute Gasteiger partial charge is 0.326 e. The number of amides is 1. The number of likely N-dealkylation sites (tertiary alicyclic amines) is 1. The predicted molar refractivity (Wildman–Crippen MR) is 139 cm³/mol. The van der Waals surface area contributed by atoms with Gasteiger partial charge in [0.1, 0.15) is 5.69 Å². The first-order valence-corrected chi connectivity index (χ1v) is 13.4. The van der Waals surface area contributed by atoms with E-state index in [1.54, 1.807) is 16.8 Å². The van der Waals surface area contributed by atoms with Crippen molar-refractivity contribution < 1.29 is 9.90 Å². The molecule has 0 spiro atoms. The van der Waals surface area contributed by atoms with Crippen LogP contribution in [-0.4, -0.2) is 72.7 Å². The molecule has 5 heterocycles. The van der Waals surface area contributed by atoms with Gasteiger partial charge in [-0.2, -0.15) is 9.61 Å². The zero-order chi connectivity index (χ0) is 25.4. The first-order valence-electron chi connectivity index (χ1n) is 12.6. The molecule has 1 aliphatic carbocycles. The number of hydrogen-bond acceptors (Lipinski definition) is 8. The molecule has 6 rings (SSSR count). The van der Waals surface area contributed by atoms with Gasteiger partial charge in [0.25, 0.3) is 5.91 Å². The van der Waals surface area contributed by atoms with Gasteiger partial charge in [0.05, 0.1) is 27.7 Å². The number of thiophene rings is 1. The maximum Gasteiger partial charge on any atom is 0.326 e. The molecule has 0 bridgehead atoms. The molecule has 0 radical (unpaired) electrons. The van der Waals surface area contributed by atoms with E-state index in [-0.39, 0.29) is 23.5 Å². The van der Waals surface area contributed by atoms with Gasteiger partial charge in [0, 0.05) is 17.8 Å². The number of aromatic amines is 2. The molecular formula is C25H28N8O3S. The van der Waals surface area contributed by atoms with Gasteiger partial charge >= 0.3 is 5.69 Å². The second-order valence-electron chi connectivity index (χ2n) is 9.50. The van der Waals surface area contributed by atoms with Gasteiger partial charge in [-0.05, 0) is 69.9 Å². The number of H-pyrrole nitrogens is 2. The molecule has 1 aliphatic heterocycles. The van der Waals surface area contributed by atoms with Crippen LogP contribution >= 0.6 is 11.3 Å². The van der Waals surface area contributed by atoms with Crippen molar-refractivity contribution >= 4 is 29.0 Å². The molecule has 1 saturated carbocycles. The Balaban J connectivity index is 1.28. The Morgan fingerprint density at radius 1 is 1.27 bits per heavy atom. The number of nitrogens with zero attached hydrogens (tertiary/aromatic N) is 5. The van der Waals surface area contributed by atoms with Crippen LogP contribution in [-0.2, 0) is 0 Å². The number of hydrogen-bond donors (Lipinski definition) is 4. The Labute approximate surface area is 215 Å². The Morgan fingerprint density at radius 2 is 2.11 bits per heavy atom. The van der Waals surface area contributed by atoms with E-state index in [9.17, 15) is 14.7 Å². The molecule has 12 heteroatoms. The van der Waals surface area contributed by atoms with E-state index in [1.807, 2.05) is 18.2 Å². The fraction of sp³-hybridized carbons (Fsp3) is 0.400. The quantitative estimate of drug-likeness (QED) is 0.255. The Bertz CT molecular complexity index is 1620. The lowest BCUT2D eigenvalue weighted by atomic mass is 10.3. The minimum atomic E-state index is -0.501. The highest BCUT2D eigenvalue weighted by atomic mass is 32.1. The zero-order valence-electron chi connectivity index (χ0n) is 20.2. The number of carbonyl (C=O) groups is 1. The van der Waals surface area contributed by atoms with Crippen molar-refractivity contribution in [2.75, 3.05) is 26.2 Å². The van der Waals surface area contributed by atoms with E-state index in [0.29, 0.717) is 33.5 Å². The summed E-state index contributed by atoms with van der Waals surface area (Å²) in [5.41, 5.74) is 1.65. The molecule has 0 unspecified atom stereocenters. The summed E-state index contributed by atoms with van der Waals surface area (Å²) >= 11 is 1.39. The second kappa shape index (κ2) is 9.94. The molecule has 4 N–H and O–H groups in total. The highest BCUT2D eigenvalue weighted by molar-refractivity contribution is 7.17. The van der Waals surface area contributed by atoms with Crippen molar-refractivity contribution in [1.82, 2.24) is 34.8 Å². The molecule has 0 aromatic carbocycles. The van der Waals surface area contributed by atoms with E-state index in [2.05, 4.69) is 25.3 Å². The molecule has 1 saturated heterocycles. The minimum Gasteiger partial charge on any atom is -0.493 e. The monoisotopic (exact) mass is 520 g/mol. The SMILES string of the molecule is O=C(NCCCN1CCCC1)c1ccc(-c2cc(=NC3CC3)n3ncc(=Cc4[nH]c(=O)[nH]c4O)c3n2)s1. The fourth-order valence-corrected chi connectivity index (χ4v) is 5.40. The number of aromatic hydroxyl groups is 1.